The van der Waals surface area contributed by atoms with Crippen molar-refractivity contribution in [1.29, 1.82) is 0 Å². The maximum atomic E-state index is 14.8. The first-order valence-corrected chi connectivity index (χ1v) is 29.5. The molecule has 0 aliphatic rings. The van der Waals surface area contributed by atoms with Crippen molar-refractivity contribution in [3.05, 3.63) is 249 Å². The minimum absolute atomic E-state index is 0.0789. The Labute approximate surface area is 483 Å². The van der Waals surface area contributed by atoms with Crippen molar-refractivity contribution in [1.82, 2.24) is 0 Å². The molecule has 0 saturated carbocycles. The molecule has 0 radical (unpaired) electrons. The molecule has 79 heavy (non-hydrogen) atoms. The van der Waals surface area contributed by atoms with Gasteiger partial charge in [-0.05, 0) is 162 Å². The summed E-state index contributed by atoms with van der Waals surface area (Å²) in [5, 5.41) is 0. The van der Waals surface area contributed by atoms with Gasteiger partial charge in [-0.25, -0.2) is 0 Å². The number of allylic oxidation sites excluding steroid dienone is 16. The van der Waals surface area contributed by atoms with E-state index < -0.39 is 0 Å². The van der Waals surface area contributed by atoms with Gasteiger partial charge in [-0.15, -0.1) is 11.3 Å². The smallest absolute Gasteiger partial charge is 0.162 e. The molecule has 1 aromatic heterocycles. The van der Waals surface area contributed by atoms with E-state index in [1.165, 1.54) is 21.6 Å². The summed E-state index contributed by atoms with van der Waals surface area (Å²) in [4.78, 5) is 21.8. The van der Waals surface area contributed by atoms with Gasteiger partial charge in [0.15, 0.2) is 5.78 Å². The van der Waals surface area contributed by atoms with Crippen molar-refractivity contribution in [2.24, 2.45) is 27.6 Å². The van der Waals surface area contributed by atoms with Crippen LogP contribution in [0.4, 0.5) is 22.7 Å². The Hall–Kier alpha value is -6.75. The van der Waals surface area contributed by atoms with Gasteiger partial charge >= 0.3 is 0 Å². The van der Waals surface area contributed by atoms with E-state index in [0.29, 0.717) is 6.42 Å². The molecule has 0 aliphatic carbocycles. The third-order valence-electron chi connectivity index (χ3n) is 14.3. The number of ketones is 1. The van der Waals surface area contributed by atoms with E-state index in [1.807, 2.05) is 11.3 Å². The van der Waals surface area contributed by atoms with Crippen LogP contribution in [0.2, 0.25) is 0 Å². The van der Waals surface area contributed by atoms with Gasteiger partial charge in [-0.1, -0.05) is 231 Å². The summed E-state index contributed by atoms with van der Waals surface area (Å²) in [5.41, 5.74) is 14.6. The normalized spacial score (nSPS) is 14.7. The first kappa shape index (κ1) is 63.1. The second kappa shape index (κ2) is 27.9. The summed E-state index contributed by atoms with van der Waals surface area (Å²) in [6, 6.07) is 45.6. The number of carbonyl (C=O) groups excluding carboxylic acids is 1. The number of hydrogen-bond acceptors (Lipinski definition) is 4. The van der Waals surface area contributed by atoms with Crippen molar-refractivity contribution in [2.75, 3.05) is 9.80 Å². The summed E-state index contributed by atoms with van der Waals surface area (Å²) in [6.45, 7) is 44.1. The summed E-state index contributed by atoms with van der Waals surface area (Å²) >= 11 is 1.83. The summed E-state index contributed by atoms with van der Waals surface area (Å²) < 4.78 is 0. The Kier molecular flexibility index (Phi) is 22.3. The molecule has 0 saturated heterocycles. The Morgan fingerprint density at radius 1 is 0.608 bits per heavy atom. The first-order valence-electron chi connectivity index (χ1n) is 28.7. The van der Waals surface area contributed by atoms with Crippen LogP contribution in [0.15, 0.2) is 234 Å². The highest BCUT2D eigenvalue weighted by atomic mass is 32.1. The quantitative estimate of drug-likeness (QED) is 0.0540. The minimum atomic E-state index is -0.380. The minimum Gasteiger partial charge on any atom is -0.311 e. The Morgan fingerprint density at radius 2 is 1.10 bits per heavy atom. The fraction of sp³-hybridized carbons (Fsp3) is 0.347. The standard InChI is InChI=1S/C75H94N2OS/c1-20-34-60(35-21-2)77(63-40-31-26-32-41-63)64-46-44-57(45-47-64)70(58(50-51-72(8,9)10)53-66(54(5)6)74(14,15)16)69-49-48-68(79-69)65(56(22-3)52-67(75(17,18)19)71(78)55(7)73(11,12)13)43-33-42-59(23-4)76(61-36-27-24-28-37-61)62-38-29-25-30-39-62/h20,23-42,44-53,55H,5,21-22,43H2,1-4,6-19H3/b34-20-,42-33-,51-50+,59-23+,60-35+,65-56+,66-53+,67-52+,70-58-. The van der Waals surface area contributed by atoms with E-state index in [4.69, 9.17) is 0 Å². The molecule has 1 heterocycles. The Morgan fingerprint density at radius 3 is 1.53 bits per heavy atom. The summed E-state index contributed by atoms with van der Waals surface area (Å²) in [7, 11) is 0. The number of anilines is 4. The fourth-order valence-corrected chi connectivity index (χ4v) is 10.8. The number of carbonyl (C=O) groups is 1. The molecule has 3 nitrogen and oxygen atoms in total. The summed E-state index contributed by atoms with van der Waals surface area (Å²) in [6.07, 6.45) is 25.0. The zero-order valence-corrected chi connectivity index (χ0v) is 52.3. The third-order valence-corrected chi connectivity index (χ3v) is 15.4. The lowest BCUT2D eigenvalue weighted by Crippen LogP contribution is -2.31. The van der Waals surface area contributed by atoms with Crippen molar-refractivity contribution < 1.29 is 4.79 Å². The molecule has 0 amide bonds. The molecule has 0 spiro atoms. The average molecular weight is 1070 g/mol. The van der Waals surface area contributed by atoms with Gasteiger partial charge in [0.05, 0.1) is 0 Å². The van der Waals surface area contributed by atoms with E-state index >= 15 is 0 Å². The lowest BCUT2D eigenvalue weighted by molar-refractivity contribution is -0.122. The maximum absolute atomic E-state index is 14.8. The van der Waals surface area contributed by atoms with Crippen LogP contribution < -0.4 is 9.80 Å². The topological polar surface area (TPSA) is 23.6 Å². The molecule has 1 atom stereocenters. The second-order valence-electron chi connectivity index (χ2n) is 25.0. The van der Waals surface area contributed by atoms with Crippen molar-refractivity contribution in [3.63, 3.8) is 0 Å². The van der Waals surface area contributed by atoms with E-state index in [9.17, 15) is 4.79 Å². The number of thiophene rings is 1. The molecule has 416 valence electrons. The highest BCUT2D eigenvalue weighted by Crippen LogP contribution is 2.44. The number of Topliss-reactive ketones (excluding diaryl/α,β-unsaturated/α-hetero) is 1. The predicted molar refractivity (Wildman–Crippen MR) is 350 cm³/mol. The van der Waals surface area contributed by atoms with Crippen LogP contribution in [0.1, 0.15) is 159 Å². The van der Waals surface area contributed by atoms with Gasteiger partial charge in [0.2, 0.25) is 0 Å². The third kappa shape index (κ3) is 17.4. The van der Waals surface area contributed by atoms with Gasteiger partial charge in [0.25, 0.3) is 0 Å². The molecular formula is C75H94N2OS. The lowest BCUT2D eigenvalue weighted by atomic mass is 9.72. The van der Waals surface area contributed by atoms with Gasteiger partial charge < -0.3 is 9.80 Å². The van der Waals surface area contributed by atoms with E-state index in [1.54, 1.807) is 0 Å². The van der Waals surface area contributed by atoms with E-state index in [0.717, 1.165) is 79.7 Å². The highest BCUT2D eigenvalue weighted by Gasteiger charge is 2.34. The monoisotopic (exact) mass is 1070 g/mol. The van der Waals surface area contributed by atoms with Crippen LogP contribution in [-0.2, 0) is 4.79 Å². The lowest BCUT2D eigenvalue weighted by Gasteiger charge is -2.31. The Bertz CT molecular complexity index is 3070. The molecular weight excluding hydrogens is 977 g/mol. The molecule has 1 unspecified atom stereocenters. The molecule has 4 aromatic carbocycles. The second-order valence-corrected chi connectivity index (χ2v) is 26.1. The number of hydrogen-bond donors (Lipinski definition) is 0. The van der Waals surface area contributed by atoms with Crippen LogP contribution in [0, 0.1) is 27.6 Å². The fourth-order valence-electron chi connectivity index (χ4n) is 9.63. The number of nitrogens with zero attached hydrogens (tertiary/aromatic N) is 2. The van der Waals surface area contributed by atoms with E-state index in [-0.39, 0.29) is 33.4 Å². The zero-order valence-electron chi connectivity index (χ0n) is 51.5. The van der Waals surface area contributed by atoms with Crippen LogP contribution in [0.5, 0.6) is 0 Å². The largest absolute Gasteiger partial charge is 0.311 e. The number of benzene rings is 4. The van der Waals surface area contributed by atoms with Crippen molar-refractivity contribution in [3.8, 4) is 0 Å². The van der Waals surface area contributed by atoms with E-state index in [2.05, 4.69) is 329 Å². The van der Waals surface area contributed by atoms with Crippen LogP contribution in [0.3, 0.4) is 0 Å². The van der Waals surface area contributed by atoms with Crippen molar-refractivity contribution >= 4 is 51.0 Å². The van der Waals surface area contributed by atoms with Gasteiger partial charge in [-0.2, -0.15) is 0 Å². The van der Waals surface area contributed by atoms with Crippen molar-refractivity contribution in [2.45, 2.75) is 144 Å². The van der Waals surface area contributed by atoms with Gasteiger partial charge in [-0.3, -0.25) is 4.79 Å². The first-order chi connectivity index (χ1) is 37.2. The zero-order chi connectivity index (χ0) is 58.3. The number of para-hydroxylation sites is 3. The molecule has 4 heteroatoms. The molecule has 0 aliphatic heterocycles. The SMILES string of the molecule is C=C(C)\C(=C/C(/C=C/C(C)(C)C)=C(/c1ccc(N(C(/C=C\C)=C/CC)c2ccccc2)cc1)c1ccc(/C(C/C=C\C(=C/C)N(c2ccccc2)c2ccccc2)=C(/C=C(\C(=O)C(C)C(C)(C)C)C(C)(C)C)CC)s1)C(C)(C)C. The molecule has 0 bridgehead atoms. The molecule has 0 N–H and O–H groups in total. The van der Waals surface area contributed by atoms with Gasteiger partial charge in [0, 0.05) is 61.0 Å². The highest BCUT2D eigenvalue weighted by molar-refractivity contribution is 7.14. The predicted octanol–water partition coefficient (Wildman–Crippen LogP) is 22.8. The number of rotatable bonds is 21. The van der Waals surface area contributed by atoms with Crippen LogP contribution in [0.25, 0.3) is 11.1 Å². The molecule has 0 fully saturated rings. The summed E-state index contributed by atoms with van der Waals surface area (Å²) in [5.74, 6) is 0.0510. The van der Waals surface area contributed by atoms with Crippen LogP contribution >= 0.6 is 11.3 Å². The maximum Gasteiger partial charge on any atom is 0.162 e. The van der Waals surface area contributed by atoms with Gasteiger partial charge in [0.1, 0.15) is 0 Å². The van der Waals surface area contributed by atoms with Crippen LogP contribution in [-0.4, -0.2) is 5.78 Å². The Balaban J connectivity index is 1.88. The average Bonchev–Trinajstić information content (AvgIpc) is 3.94. The molecule has 5 rings (SSSR count). The molecule has 5 aromatic rings.